The monoisotopic (exact) mass is 314 g/mol. The van der Waals surface area contributed by atoms with E-state index in [0.717, 1.165) is 12.1 Å². The SMILES string of the molecule is CCCN(CC(=O)OC)C(=O)CCCn1c(C)csc1=O. The van der Waals surface area contributed by atoms with Crippen LogP contribution < -0.4 is 4.87 Å². The fraction of sp³-hybridized carbons (Fsp3) is 0.643. The summed E-state index contributed by atoms with van der Waals surface area (Å²) in [5.74, 6) is -0.495. The Morgan fingerprint density at radius 2 is 2.14 bits per heavy atom. The minimum Gasteiger partial charge on any atom is -0.468 e. The molecule has 1 aromatic heterocycles. The van der Waals surface area contributed by atoms with E-state index in [4.69, 9.17) is 0 Å². The average Bonchev–Trinajstić information content (AvgIpc) is 2.78. The molecule has 6 nitrogen and oxygen atoms in total. The van der Waals surface area contributed by atoms with Gasteiger partial charge in [-0.15, -0.1) is 0 Å². The molecule has 1 amide bonds. The molecule has 0 aliphatic rings. The Morgan fingerprint density at radius 1 is 1.43 bits per heavy atom. The summed E-state index contributed by atoms with van der Waals surface area (Å²) in [5, 5.41) is 1.81. The zero-order valence-electron chi connectivity index (χ0n) is 12.8. The van der Waals surface area contributed by atoms with Gasteiger partial charge in [-0.25, -0.2) is 0 Å². The lowest BCUT2D eigenvalue weighted by molar-refractivity contribution is -0.147. The zero-order chi connectivity index (χ0) is 15.8. The van der Waals surface area contributed by atoms with Gasteiger partial charge in [-0.1, -0.05) is 18.3 Å². The third-order valence-electron chi connectivity index (χ3n) is 3.14. The summed E-state index contributed by atoms with van der Waals surface area (Å²) >= 11 is 1.17. The van der Waals surface area contributed by atoms with Gasteiger partial charge in [0.25, 0.3) is 0 Å². The van der Waals surface area contributed by atoms with Crippen molar-refractivity contribution in [3.05, 3.63) is 20.7 Å². The van der Waals surface area contributed by atoms with E-state index in [1.807, 2.05) is 19.2 Å². The first-order valence-corrected chi connectivity index (χ1v) is 7.87. The molecule has 1 rings (SSSR count). The number of hydrogen-bond donors (Lipinski definition) is 0. The molecule has 1 aromatic rings. The number of esters is 1. The lowest BCUT2D eigenvalue weighted by atomic mass is 10.2. The second-order valence-electron chi connectivity index (χ2n) is 4.79. The van der Waals surface area contributed by atoms with Crippen LogP contribution in [0.4, 0.5) is 0 Å². The molecule has 0 atom stereocenters. The van der Waals surface area contributed by atoms with Crippen LogP contribution >= 0.6 is 11.3 Å². The molecule has 118 valence electrons. The van der Waals surface area contributed by atoms with Crippen molar-refractivity contribution < 1.29 is 14.3 Å². The minimum atomic E-state index is -0.415. The molecule has 0 aliphatic carbocycles. The number of aromatic nitrogens is 1. The highest BCUT2D eigenvalue weighted by atomic mass is 32.1. The van der Waals surface area contributed by atoms with Gasteiger partial charge in [0.15, 0.2) is 0 Å². The molecular formula is C14H22N2O4S. The lowest BCUT2D eigenvalue weighted by Gasteiger charge is -2.20. The molecule has 7 heteroatoms. The molecule has 0 N–H and O–H groups in total. The molecule has 0 saturated carbocycles. The molecule has 0 aromatic carbocycles. The molecule has 1 heterocycles. The third kappa shape index (κ3) is 5.34. The van der Waals surface area contributed by atoms with Crippen molar-refractivity contribution in [1.82, 2.24) is 9.47 Å². The van der Waals surface area contributed by atoms with Crippen molar-refractivity contribution in [2.24, 2.45) is 0 Å². The maximum Gasteiger partial charge on any atom is 0.325 e. The summed E-state index contributed by atoms with van der Waals surface area (Å²) in [6, 6.07) is 0. The Labute approximate surface area is 128 Å². The van der Waals surface area contributed by atoms with Crippen molar-refractivity contribution in [1.29, 1.82) is 0 Å². The molecule has 0 unspecified atom stereocenters. The first-order chi connectivity index (χ1) is 9.99. The summed E-state index contributed by atoms with van der Waals surface area (Å²) < 4.78 is 6.26. The highest BCUT2D eigenvalue weighted by Crippen LogP contribution is 2.05. The minimum absolute atomic E-state index is 0.0000703. The van der Waals surface area contributed by atoms with Crippen LogP contribution in [0, 0.1) is 6.92 Å². The molecular weight excluding hydrogens is 292 g/mol. The molecule has 0 fully saturated rings. The molecule has 0 spiro atoms. The van der Waals surface area contributed by atoms with Crippen molar-refractivity contribution in [2.75, 3.05) is 20.2 Å². The van der Waals surface area contributed by atoms with Crippen LogP contribution in [-0.2, 0) is 20.9 Å². The standard InChI is InChI=1S/C14H22N2O4S/c1-4-7-15(9-13(18)20-3)12(17)6-5-8-16-11(2)10-21-14(16)19/h10H,4-9H2,1-3H3. The highest BCUT2D eigenvalue weighted by Gasteiger charge is 2.16. The summed E-state index contributed by atoms with van der Waals surface area (Å²) in [6.07, 6.45) is 1.68. The molecule has 0 bridgehead atoms. The van der Waals surface area contributed by atoms with Gasteiger partial charge in [0.05, 0.1) is 7.11 Å². The maximum atomic E-state index is 12.1. The van der Waals surface area contributed by atoms with Crippen LogP contribution in [0.2, 0.25) is 0 Å². The van der Waals surface area contributed by atoms with Crippen LogP contribution in [0.25, 0.3) is 0 Å². The predicted octanol–water partition coefficient (Wildman–Crippen LogP) is 1.41. The van der Waals surface area contributed by atoms with E-state index in [9.17, 15) is 14.4 Å². The molecule has 0 aliphatic heterocycles. The number of carbonyl (C=O) groups excluding carboxylic acids is 2. The predicted molar refractivity (Wildman–Crippen MR) is 81.4 cm³/mol. The Hall–Kier alpha value is -1.63. The molecule has 0 saturated heterocycles. The number of carbonyl (C=O) groups is 2. The van der Waals surface area contributed by atoms with E-state index < -0.39 is 5.97 Å². The fourth-order valence-electron chi connectivity index (χ4n) is 2.00. The normalized spacial score (nSPS) is 10.4. The quantitative estimate of drug-likeness (QED) is 0.680. The van der Waals surface area contributed by atoms with Gasteiger partial charge < -0.3 is 14.2 Å². The molecule has 21 heavy (non-hydrogen) atoms. The first kappa shape index (κ1) is 17.4. The Morgan fingerprint density at radius 3 is 2.67 bits per heavy atom. The maximum absolute atomic E-state index is 12.1. The van der Waals surface area contributed by atoms with Gasteiger partial charge in [-0.05, 0) is 19.8 Å². The van der Waals surface area contributed by atoms with Crippen molar-refractivity contribution in [3.63, 3.8) is 0 Å². The number of thiazole rings is 1. The smallest absolute Gasteiger partial charge is 0.325 e. The van der Waals surface area contributed by atoms with Crippen LogP contribution in [0.1, 0.15) is 31.9 Å². The van der Waals surface area contributed by atoms with Crippen molar-refractivity contribution >= 4 is 23.2 Å². The van der Waals surface area contributed by atoms with Crippen LogP contribution in [-0.4, -0.2) is 41.5 Å². The fourth-order valence-corrected chi connectivity index (χ4v) is 2.76. The Balaban J connectivity index is 2.50. The van der Waals surface area contributed by atoms with E-state index in [1.54, 1.807) is 4.57 Å². The molecule has 0 radical (unpaired) electrons. The second kappa shape index (κ2) is 8.61. The number of methoxy groups -OCH3 is 1. The summed E-state index contributed by atoms with van der Waals surface area (Å²) in [5.41, 5.74) is 0.914. The number of ether oxygens (including phenoxy) is 1. The van der Waals surface area contributed by atoms with Crippen LogP contribution in [0.5, 0.6) is 0 Å². The first-order valence-electron chi connectivity index (χ1n) is 6.99. The average molecular weight is 314 g/mol. The third-order valence-corrected chi connectivity index (χ3v) is 4.02. The van der Waals surface area contributed by atoms with E-state index >= 15 is 0 Å². The number of hydrogen-bond acceptors (Lipinski definition) is 5. The van der Waals surface area contributed by atoms with Gasteiger partial charge in [0, 0.05) is 30.6 Å². The van der Waals surface area contributed by atoms with Gasteiger partial charge in [0.1, 0.15) is 6.54 Å². The van der Waals surface area contributed by atoms with Gasteiger partial charge in [0.2, 0.25) is 5.91 Å². The Bertz CT molecular complexity index is 535. The van der Waals surface area contributed by atoms with E-state index in [2.05, 4.69) is 4.74 Å². The topological polar surface area (TPSA) is 68.6 Å². The Kier molecular flexibility index (Phi) is 7.14. The second-order valence-corrected chi connectivity index (χ2v) is 5.61. The van der Waals surface area contributed by atoms with E-state index in [1.165, 1.54) is 23.3 Å². The lowest BCUT2D eigenvalue weighted by Crippen LogP contribution is -2.36. The number of rotatable bonds is 8. The number of aryl methyl sites for hydroxylation is 1. The van der Waals surface area contributed by atoms with Gasteiger partial charge in [-0.3, -0.25) is 14.4 Å². The van der Waals surface area contributed by atoms with Crippen molar-refractivity contribution in [3.8, 4) is 0 Å². The zero-order valence-corrected chi connectivity index (χ0v) is 13.6. The number of amides is 1. The summed E-state index contributed by atoms with van der Waals surface area (Å²) in [7, 11) is 1.31. The highest BCUT2D eigenvalue weighted by molar-refractivity contribution is 7.07. The summed E-state index contributed by atoms with van der Waals surface area (Å²) in [4.78, 5) is 36.5. The summed E-state index contributed by atoms with van der Waals surface area (Å²) in [6.45, 7) is 4.87. The van der Waals surface area contributed by atoms with E-state index in [-0.39, 0.29) is 17.3 Å². The van der Waals surface area contributed by atoms with E-state index in [0.29, 0.717) is 25.9 Å². The van der Waals surface area contributed by atoms with Gasteiger partial charge >= 0.3 is 10.8 Å². The number of nitrogens with zero attached hydrogens (tertiary/aromatic N) is 2. The van der Waals surface area contributed by atoms with Crippen LogP contribution in [0.3, 0.4) is 0 Å². The largest absolute Gasteiger partial charge is 0.468 e. The van der Waals surface area contributed by atoms with Crippen LogP contribution in [0.15, 0.2) is 10.2 Å². The van der Waals surface area contributed by atoms with Crippen molar-refractivity contribution in [2.45, 2.75) is 39.7 Å². The van der Waals surface area contributed by atoms with Gasteiger partial charge in [-0.2, -0.15) is 0 Å².